The Bertz CT molecular complexity index is 1260. The van der Waals surface area contributed by atoms with E-state index in [9.17, 15) is 40.5 Å². The second-order valence-corrected chi connectivity index (χ2v) is 6.85. The molecule has 0 N–H and O–H groups in total. The van der Waals surface area contributed by atoms with Crippen molar-refractivity contribution in [2.45, 2.75) is 0 Å². The van der Waals surface area contributed by atoms with Crippen LogP contribution in [0.2, 0.25) is 0 Å². The van der Waals surface area contributed by atoms with Crippen LogP contribution in [0.5, 0.6) is 0 Å². The molecular formula is C22H14N4O8. The van der Waals surface area contributed by atoms with Gasteiger partial charge in [0.15, 0.2) is 0 Å². The number of non-ortho nitro benzene ring substituents is 2. The Balaban J connectivity index is 1.80. The van der Waals surface area contributed by atoms with Gasteiger partial charge in [0, 0.05) is 12.1 Å². The molecule has 0 saturated carbocycles. The SMILES string of the molecule is O=[N+]([O-])c1ccc(/C=C/c2ccc(/C=C/c3ccc([N+](=O)[O-])cc3[N+](=O)[O-])cc2)c([N+](=O)[O-])c1. The van der Waals surface area contributed by atoms with Crippen LogP contribution < -0.4 is 0 Å². The van der Waals surface area contributed by atoms with Gasteiger partial charge in [-0.25, -0.2) is 0 Å². The first-order chi connectivity index (χ1) is 16.2. The summed E-state index contributed by atoms with van der Waals surface area (Å²) in [5.41, 5.74) is 0.221. The Morgan fingerprint density at radius 3 is 1.12 bits per heavy atom. The van der Waals surface area contributed by atoms with Crippen molar-refractivity contribution in [3.8, 4) is 0 Å². The standard InChI is InChI=1S/C22H14N4O8/c27-23(28)19-11-9-17(21(13-19)25(31)32)7-5-15-1-2-16(4-3-15)6-8-18-10-12-20(24(29)30)14-22(18)26(33)34/h1-14H/b7-5+,8-6+. The molecule has 3 aromatic rings. The summed E-state index contributed by atoms with van der Waals surface area (Å²) in [5, 5.41) is 44.1. The summed E-state index contributed by atoms with van der Waals surface area (Å²) < 4.78 is 0. The maximum atomic E-state index is 11.2. The molecule has 0 fully saturated rings. The highest BCUT2D eigenvalue weighted by atomic mass is 16.6. The monoisotopic (exact) mass is 462 g/mol. The first kappa shape index (κ1) is 23.4. The Morgan fingerprint density at radius 1 is 0.471 bits per heavy atom. The third kappa shape index (κ3) is 5.50. The highest BCUT2D eigenvalue weighted by Gasteiger charge is 2.18. The number of nitro benzene ring substituents is 4. The van der Waals surface area contributed by atoms with E-state index in [-0.39, 0.29) is 22.5 Å². The van der Waals surface area contributed by atoms with Crippen LogP contribution in [0.1, 0.15) is 22.3 Å². The molecule has 0 aliphatic carbocycles. The molecule has 0 atom stereocenters. The van der Waals surface area contributed by atoms with Crippen LogP contribution in [-0.2, 0) is 0 Å². The third-order valence-electron chi connectivity index (χ3n) is 4.69. The van der Waals surface area contributed by atoms with Gasteiger partial charge in [-0.2, -0.15) is 0 Å². The van der Waals surface area contributed by atoms with E-state index >= 15 is 0 Å². The third-order valence-corrected chi connectivity index (χ3v) is 4.69. The lowest BCUT2D eigenvalue weighted by molar-refractivity contribution is -0.394. The molecule has 0 aliphatic heterocycles. The lowest BCUT2D eigenvalue weighted by Gasteiger charge is -2.00. The zero-order valence-electron chi connectivity index (χ0n) is 17.1. The van der Waals surface area contributed by atoms with E-state index in [1.807, 2.05) is 0 Å². The van der Waals surface area contributed by atoms with Gasteiger partial charge >= 0.3 is 0 Å². The van der Waals surface area contributed by atoms with Crippen molar-refractivity contribution in [1.29, 1.82) is 0 Å². The summed E-state index contributed by atoms with van der Waals surface area (Å²) in [4.78, 5) is 41.3. The van der Waals surface area contributed by atoms with Crippen LogP contribution in [0.25, 0.3) is 24.3 Å². The van der Waals surface area contributed by atoms with Gasteiger partial charge in [0.25, 0.3) is 22.7 Å². The summed E-state index contributed by atoms with van der Waals surface area (Å²) in [6, 6.07) is 13.6. The smallest absolute Gasteiger partial charge is 0.258 e. The fraction of sp³-hybridized carbons (Fsp3) is 0. The zero-order valence-corrected chi connectivity index (χ0v) is 17.1. The van der Waals surface area contributed by atoms with Crippen molar-refractivity contribution < 1.29 is 19.7 Å². The van der Waals surface area contributed by atoms with Crippen molar-refractivity contribution in [3.63, 3.8) is 0 Å². The van der Waals surface area contributed by atoms with Crippen molar-refractivity contribution in [3.05, 3.63) is 123 Å². The number of hydrogen-bond acceptors (Lipinski definition) is 8. The summed E-state index contributed by atoms with van der Waals surface area (Å²) in [5.74, 6) is 0. The predicted octanol–water partition coefficient (Wildman–Crippen LogP) is 5.66. The summed E-state index contributed by atoms with van der Waals surface area (Å²) in [6.07, 6.45) is 6.13. The second-order valence-electron chi connectivity index (χ2n) is 6.85. The molecule has 34 heavy (non-hydrogen) atoms. The molecule has 3 aromatic carbocycles. The minimum atomic E-state index is -0.710. The first-order valence-corrected chi connectivity index (χ1v) is 9.47. The second kappa shape index (κ2) is 9.91. The molecule has 0 heterocycles. The quantitative estimate of drug-likeness (QED) is 0.234. The van der Waals surface area contributed by atoms with Crippen molar-refractivity contribution in [2.75, 3.05) is 0 Å². The van der Waals surface area contributed by atoms with Crippen LogP contribution in [0.15, 0.2) is 60.7 Å². The van der Waals surface area contributed by atoms with Crippen molar-refractivity contribution in [1.82, 2.24) is 0 Å². The Morgan fingerprint density at radius 2 is 0.824 bits per heavy atom. The Labute approximate surface area is 190 Å². The number of hydrogen-bond donors (Lipinski definition) is 0. The molecule has 12 nitrogen and oxygen atoms in total. The zero-order chi connectivity index (χ0) is 24.8. The molecule has 3 rings (SSSR count). The number of nitrogens with zero attached hydrogens (tertiary/aromatic N) is 4. The molecule has 0 unspecified atom stereocenters. The molecule has 0 amide bonds. The van der Waals surface area contributed by atoms with Gasteiger partial charge in [0.05, 0.1) is 43.0 Å². The average Bonchev–Trinajstić information content (AvgIpc) is 2.81. The normalized spacial score (nSPS) is 11.1. The predicted molar refractivity (Wildman–Crippen MR) is 124 cm³/mol. The van der Waals surface area contributed by atoms with E-state index in [4.69, 9.17) is 0 Å². The summed E-state index contributed by atoms with van der Waals surface area (Å²) in [7, 11) is 0. The fourth-order valence-electron chi connectivity index (χ4n) is 2.98. The topological polar surface area (TPSA) is 173 Å². The van der Waals surface area contributed by atoms with Gasteiger partial charge in [-0.05, 0) is 35.4 Å². The summed E-state index contributed by atoms with van der Waals surface area (Å²) in [6.45, 7) is 0. The van der Waals surface area contributed by atoms with Crippen LogP contribution in [0.4, 0.5) is 22.7 Å². The van der Waals surface area contributed by atoms with E-state index in [0.717, 1.165) is 12.1 Å². The van der Waals surface area contributed by atoms with E-state index in [1.165, 1.54) is 36.4 Å². The maximum absolute atomic E-state index is 11.2. The van der Waals surface area contributed by atoms with Gasteiger partial charge in [0.1, 0.15) is 0 Å². The van der Waals surface area contributed by atoms with E-state index < -0.39 is 31.1 Å². The van der Waals surface area contributed by atoms with E-state index in [1.54, 1.807) is 36.4 Å². The number of nitro groups is 4. The van der Waals surface area contributed by atoms with E-state index in [0.29, 0.717) is 11.1 Å². The largest absolute Gasteiger partial charge is 0.283 e. The molecule has 0 aliphatic rings. The van der Waals surface area contributed by atoms with Crippen molar-refractivity contribution in [2.24, 2.45) is 0 Å². The minimum absolute atomic E-state index is 0.199. The van der Waals surface area contributed by atoms with Crippen LogP contribution >= 0.6 is 0 Å². The molecule has 0 spiro atoms. The van der Waals surface area contributed by atoms with Gasteiger partial charge in [-0.15, -0.1) is 0 Å². The maximum Gasteiger partial charge on any atom is 0.283 e. The van der Waals surface area contributed by atoms with Crippen LogP contribution in [-0.4, -0.2) is 19.7 Å². The first-order valence-electron chi connectivity index (χ1n) is 9.47. The van der Waals surface area contributed by atoms with Gasteiger partial charge in [-0.3, -0.25) is 40.5 Å². The minimum Gasteiger partial charge on any atom is -0.258 e. The van der Waals surface area contributed by atoms with E-state index in [2.05, 4.69) is 0 Å². The van der Waals surface area contributed by atoms with Gasteiger partial charge < -0.3 is 0 Å². The van der Waals surface area contributed by atoms with Gasteiger partial charge in [-0.1, -0.05) is 36.4 Å². The Hall–Kier alpha value is -5.26. The molecule has 12 heteroatoms. The Kier molecular flexibility index (Phi) is 6.82. The van der Waals surface area contributed by atoms with Crippen molar-refractivity contribution >= 4 is 47.1 Å². The van der Waals surface area contributed by atoms with Gasteiger partial charge in [0.2, 0.25) is 0 Å². The molecule has 0 bridgehead atoms. The lowest BCUT2D eigenvalue weighted by Crippen LogP contribution is -1.94. The highest BCUT2D eigenvalue weighted by Crippen LogP contribution is 2.27. The summed E-state index contributed by atoms with van der Waals surface area (Å²) >= 11 is 0. The highest BCUT2D eigenvalue weighted by molar-refractivity contribution is 5.77. The lowest BCUT2D eigenvalue weighted by atomic mass is 10.1. The molecular weight excluding hydrogens is 448 g/mol. The number of benzene rings is 3. The fourth-order valence-corrected chi connectivity index (χ4v) is 2.98. The van der Waals surface area contributed by atoms with Crippen LogP contribution in [0, 0.1) is 40.5 Å². The molecule has 0 saturated heterocycles. The average molecular weight is 462 g/mol. The molecule has 170 valence electrons. The van der Waals surface area contributed by atoms with Crippen LogP contribution in [0.3, 0.4) is 0 Å². The number of rotatable bonds is 8. The molecule has 0 radical (unpaired) electrons. The molecule has 0 aromatic heterocycles.